The van der Waals surface area contributed by atoms with Crippen molar-refractivity contribution in [1.29, 1.82) is 0 Å². The Morgan fingerprint density at radius 3 is 2.00 bits per heavy atom. The second-order valence-corrected chi connectivity index (χ2v) is 3.84. The topological polar surface area (TPSA) is 26.0 Å². The number of nitrogen functional groups attached to an aromatic ring is 1. The van der Waals surface area contributed by atoms with Crippen LogP contribution in [0.5, 0.6) is 0 Å². The lowest BCUT2D eigenvalue weighted by molar-refractivity contribution is 1.38. The molecule has 0 amide bonds. The minimum absolute atomic E-state index is 0.861. The van der Waals surface area contributed by atoms with E-state index in [-0.39, 0.29) is 0 Å². The van der Waals surface area contributed by atoms with Crippen molar-refractivity contribution >= 4 is 5.69 Å². The second kappa shape index (κ2) is 6.09. The van der Waals surface area contributed by atoms with Crippen LogP contribution in [0.15, 0.2) is 42.5 Å². The molecule has 0 aliphatic heterocycles. The van der Waals surface area contributed by atoms with Crippen LogP contribution in [0.2, 0.25) is 0 Å². The molecule has 0 saturated heterocycles. The zero-order chi connectivity index (χ0) is 12.8. The summed E-state index contributed by atoms with van der Waals surface area (Å²) in [7, 11) is 0. The molecular weight excluding hydrogens is 206 g/mol. The summed E-state index contributed by atoms with van der Waals surface area (Å²) in [6, 6.07) is 14.4. The van der Waals surface area contributed by atoms with Crippen molar-refractivity contribution in [3.8, 4) is 11.1 Å². The monoisotopic (exact) mass is 227 g/mol. The van der Waals surface area contributed by atoms with Crippen molar-refractivity contribution in [3.05, 3.63) is 53.6 Å². The van der Waals surface area contributed by atoms with Crippen LogP contribution in [0.25, 0.3) is 11.1 Å². The van der Waals surface area contributed by atoms with E-state index in [1.54, 1.807) is 0 Å². The van der Waals surface area contributed by atoms with Crippen LogP contribution >= 0.6 is 0 Å². The predicted octanol–water partition coefficient (Wildman–Crippen LogP) is 4.58. The SMILES string of the molecule is CC.Cc1ccc(N)c(C)c1-c1ccccc1. The molecule has 17 heavy (non-hydrogen) atoms. The highest BCUT2D eigenvalue weighted by Crippen LogP contribution is 2.30. The molecule has 0 heterocycles. The summed E-state index contributed by atoms with van der Waals surface area (Å²) < 4.78 is 0. The Labute approximate surface area is 104 Å². The first-order valence-corrected chi connectivity index (χ1v) is 6.11. The van der Waals surface area contributed by atoms with Crippen molar-refractivity contribution < 1.29 is 0 Å². The maximum Gasteiger partial charge on any atom is 0.0350 e. The van der Waals surface area contributed by atoms with E-state index in [0.717, 1.165) is 5.69 Å². The third-order valence-electron chi connectivity index (χ3n) is 2.78. The lowest BCUT2D eigenvalue weighted by Crippen LogP contribution is -1.94. The van der Waals surface area contributed by atoms with E-state index in [1.165, 1.54) is 22.3 Å². The lowest BCUT2D eigenvalue weighted by Gasteiger charge is -2.12. The molecule has 0 aliphatic rings. The molecule has 2 N–H and O–H groups in total. The molecule has 0 radical (unpaired) electrons. The predicted molar refractivity (Wildman–Crippen MR) is 77.1 cm³/mol. The van der Waals surface area contributed by atoms with E-state index in [2.05, 4.69) is 44.2 Å². The number of benzene rings is 2. The van der Waals surface area contributed by atoms with Crippen LogP contribution in [-0.4, -0.2) is 0 Å². The first-order valence-electron chi connectivity index (χ1n) is 6.11. The third-order valence-corrected chi connectivity index (χ3v) is 2.78. The van der Waals surface area contributed by atoms with Crippen LogP contribution in [0, 0.1) is 13.8 Å². The normalized spacial score (nSPS) is 9.41. The van der Waals surface area contributed by atoms with E-state index in [1.807, 2.05) is 26.0 Å². The number of rotatable bonds is 1. The fourth-order valence-corrected chi connectivity index (χ4v) is 1.91. The van der Waals surface area contributed by atoms with Crippen LogP contribution in [0.1, 0.15) is 25.0 Å². The molecule has 1 heteroatoms. The summed E-state index contributed by atoms with van der Waals surface area (Å²) in [5.74, 6) is 0. The van der Waals surface area contributed by atoms with Crippen molar-refractivity contribution in [2.45, 2.75) is 27.7 Å². The highest BCUT2D eigenvalue weighted by atomic mass is 14.6. The average molecular weight is 227 g/mol. The van der Waals surface area contributed by atoms with Crippen LogP contribution in [0.4, 0.5) is 5.69 Å². The summed E-state index contributed by atoms with van der Waals surface area (Å²) in [6.45, 7) is 8.19. The molecule has 0 saturated carbocycles. The number of anilines is 1. The van der Waals surface area contributed by atoms with Crippen molar-refractivity contribution in [1.82, 2.24) is 0 Å². The molecule has 0 unspecified atom stereocenters. The molecule has 2 aromatic carbocycles. The molecule has 0 atom stereocenters. The number of nitrogens with two attached hydrogens (primary N) is 1. The van der Waals surface area contributed by atoms with Crippen molar-refractivity contribution in [2.24, 2.45) is 0 Å². The molecule has 0 aromatic heterocycles. The van der Waals surface area contributed by atoms with Crippen LogP contribution in [-0.2, 0) is 0 Å². The Morgan fingerprint density at radius 2 is 1.41 bits per heavy atom. The van der Waals surface area contributed by atoms with Gasteiger partial charge in [-0.15, -0.1) is 0 Å². The zero-order valence-electron chi connectivity index (χ0n) is 11.1. The molecule has 2 aromatic rings. The average Bonchev–Trinajstić information content (AvgIpc) is 2.38. The zero-order valence-corrected chi connectivity index (χ0v) is 11.1. The minimum Gasteiger partial charge on any atom is -0.398 e. The molecule has 0 fully saturated rings. The van der Waals surface area contributed by atoms with Gasteiger partial charge < -0.3 is 5.73 Å². The van der Waals surface area contributed by atoms with Crippen LogP contribution < -0.4 is 5.73 Å². The number of hydrogen-bond donors (Lipinski definition) is 1. The molecule has 0 bridgehead atoms. The van der Waals surface area contributed by atoms with Gasteiger partial charge in [-0.1, -0.05) is 50.2 Å². The van der Waals surface area contributed by atoms with Gasteiger partial charge in [0.25, 0.3) is 0 Å². The summed E-state index contributed by atoms with van der Waals surface area (Å²) in [5, 5.41) is 0. The highest BCUT2D eigenvalue weighted by molar-refractivity contribution is 5.75. The van der Waals surface area contributed by atoms with E-state index in [9.17, 15) is 0 Å². The van der Waals surface area contributed by atoms with Gasteiger partial charge in [0.1, 0.15) is 0 Å². The highest BCUT2D eigenvalue weighted by Gasteiger charge is 2.06. The first-order chi connectivity index (χ1) is 8.20. The van der Waals surface area contributed by atoms with Crippen LogP contribution in [0.3, 0.4) is 0 Å². The largest absolute Gasteiger partial charge is 0.398 e. The summed E-state index contributed by atoms with van der Waals surface area (Å²) in [6.07, 6.45) is 0. The smallest absolute Gasteiger partial charge is 0.0350 e. The maximum atomic E-state index is 5.93. The van der Waals surface area contributed by atoms with Gasteiger partial charge in [0.05, 0.1) is 0 Å². The standard InChI is InChI=1S/C14H15N.C2H6/c1-10-8-9-13(15)11(2)14(10)12-6-4-3-5-7-12;1-2/h3-9H,15H2,1-2H3;1-2H3. The van der Waals surface area contributed by atoms with Gasteiger partial charge in [-0.05, 0) is 42.2 Å². The first kappa shape index (κ1) is 13.3. The van der Waals surface area contributed by atoms with E-state index >= 15 is 0 Å². The Kier molecular flexibility index (Phi) is 4.77. The molecule has 90 valence electrons. The molecule has 2 rings (SSSR count). The Morgan fingerprint density at radius 1 is 0.824 bits per heavy atom. The summed E-state index contributed by atoms with van der Waals surface area (Å²) in [5.41, 5.74) is 11.7. The van der Waals surface area contributed by atoms with E-state index < -0.39 is 0 Å². The Hall–Kier alpha value is -1.76. The third kappa shape index (κ3) is 2.88. The quantitative estimate of drug-likeness (QED) is 0.709. The Balaban J connectivity index is 0.000000686. The van der Waals surface area contributed by atoms with Gasteiger partial charge in [0, 0.05) is 5.69 Å². The van der Waals surface area contributed by atoms with Gasteiger partial charge >= 0.3 is 0 Å². The maximum absolute atomic E-state index is 5.93. The fourth-order valence-electron chi connectivity index (χ4n) is 1.91. The molecule has 0 spiro atoms. The van der Waals surface area contributed by atoms with Gasteiger partial charge in [-0.25, -0.2) is 0 Å². The lowest BCUT2D eigenvalue weighted by atomic mass is 9.95. The van der Waals surface area contributed by atoms with Gasteiger partial charge in [-0.3, -0.25) is 0 Å². The Bertz CT molecular complexity index is 472. The van der Waals surface area contributed by atoms with Crippen molar-refractivity contribution in [3.63, 3.8) is 0 Å². The minimum atomic E-state index is 0.861. The second-order valence-electron chi connectivity index (χ2n) is 3.84. The van der Waals surface area contributed by atoms with E-state index in [4.69, 9.17) is 5.73 Å². The fraction of sp³-hybridized carbons (Fsp3) is 0.250. The number of hydrogen-bond acceptors (Lipinski definition) is 1. The van der Waals surface area contributed by atoms with Gasteiger partial charge in [0.15, 0.2) is 0 Å². The van der Waals surface area contributed by atoms with Crippen molar-refractivity contribution in [2.75, 3.05) is 5.73 Å². The van der Waals surface area contributed by atoms with Gasteiger partial charge in [-0.2, -0.15) is 0 Å². The molecular formula is C16H21N. The van der Waals surface area contributed by atoms with E-state index in [0.29, 0.717) is 0 Å². The molecule has 0 aliphatic carbocycles. The molecule has 1 nitrogen and oxygen atoms in total. The number of aryl methyl sites for hydroxylation is 1. The van der Waals surface area contributed by atoms with Gasteiger partial charge in [0.2, 0.25) is 0 Å². The summed E-state index contributed by atoms with van der Waals surface area (Å²) in [4.78, 5) is 0. The summed E-state index contributed by atoms with van der Waals surface area (Å²) >= 11 is 0.